The summed E-state index contributed by atoms with van der Waals surface area (Å²) >= 11 is 3.28. The summed E-state index contributed by atoms with van der Waals surface area (Å²) in [7, 11) is 0. The zero-order chi connectivity index (χ0) is 16.4. The van der Waals surface area contributed by atoms with E-state index in [1.165, 1.54) is 0 Å². The van der Waals surface area contributed by atoms with Gasteiger partial charge in [-0.3, -0.25) is 19.3 Å². The third-order valence-corrected chi connectivity index (χ3v) is 4.71. The van der Waals surface area contributed by atoms with Gasteiger partial charge in [0.15, 0.2) is 0 Å². The second kappa shape index (κ2) is 6.80. The van der Waals surface area contributed by atoms with Crippen LogP contribution in [0.2, 0.25) is 0 Å². The van der Waals surface area contributed by atoms with Gasteiger partial charge in [-0.1, -0.05) is 15.9 Å². The number of fused-ring (bicyclic) bond motifs is 1. The minimum atomic E-state index is -0.416. The molecular weight excluding hydrogens is 362 g/mol. The Bertz CT molecular complexity index is 656. The fraction of sp³-hybridized carbons (Fsp3) is 0.438. The van der Waals surface area contributed by atoms with Crippen molar-refractivity contribution in [2.45, 2.75) is 12.8 Å². The summed E-state index contributed by atoms with van der Waals surface area (Å²) < 4.78 is 0.730. The van der Waals surface area contributed by atoms with Crippen molar-refractivity contribution < 1.29 is 14.4 Å². The molecule has 2 N–H and O–H groups in total. The number of hydrogen-bond donors (Lipinski definition) is 2. The van der Waals surface area contributed by atoms with Crippen LogP contribution in [0.15, 0.2) is 22.7 Å². The molecule has 0 spiro atoms. The van der Waals surface area contributed by atoms with Crippen LogP contribution in [-0.4, -0.2) is 48.8 Å². The van der Waals surface area contributed by atoms with Crippen molar-refractivity contribution in [3.63, 3.8) is 0 Å². The smallest absolute Gasteiger partial charge is 0.262 e. The van der Waals surface area contributed by atoms with Gasteiger partial charge in [0.25, 0.3) is 11.8 Å². The van der Waals surface area contributed by atoms with E-state index in [2.05, 4.69) is 26.6 Å². The Labute approximate surface area is 142 Å². The van der Waals surface area contributed by atoms with E-state index in [1.807, 2.05) is 0 Å². The predicted molar refractivity (Wildman–Crippen MR) is 88.1 cm³/mol. The molecule has 0 radical (unpaired) electrons. The fourth-order valence-electron chi connectivity index (χ4n) is 2.96. The number of imide groups is 1. The van der Waals surface area contributed by atoms with E-state index in [-0.39, 0.29) is 12.5 Å². The summed E-state index contributed by atoms with van der Waals surface area (Å²) in [6, 6.07) is 4.93. The second-order valence-electron chi connectivity index (χ2n) is 5.90. The monoisotopic (exact) mass is 379 g/mol. The van der Waals surface area contributed by atoms with Gasteiger partial charge in [-0.15, -0.1) is 0 Å². The van der Waals surface area contributed by atoms with E-state index >= 15 is 0 Å². The first-order valence-electron chi connectivity index (χ1n) is 7.69. The molecule has 2 aliphatic rings. The highest BCUT2D eigenvalue weighted by Gasteiger charge is 2.36. The Morgan fingerprint density at radius 1 is 1.30 bits per heavy atom. The van der Waals surface area contributed by atoms with Gasteiger partial charge in [0.2, 0.25) is 5.91 Å². The number of nitrogens with zero attached hydrogens (tertiary/aromatic N) is 1. The van der Waals surface area contributed by atoms with Crippen LogP contribution in [0.1, 0.15) is 33.6 Å². The van der Waals surface area contributed by atoms with Gasteiger partial charge in [0, 0.05) is 11.0 Å². The summed E-state index contributed by atoms with van der Waals surface area (Å²) in [5.41, 5.74) is 0.691. The average molecular weight is 380 g/mol. The molecule has 2 heterocycles. The topological polar surface area (TPSA) is 78.5 Å². The third-order valence-electron chi connectivity index (χ3n) is 4.22. The van der Waals surface area contributed by atoms with Crippen molar-refractivity contribution in [2.75, 3.05) is 26.2 Å². The molecule has 0 saturated carbocycles. The maximum atomic E-state index is 12.3. The van der Waals surface area contributed by atoms with Crippen LogP contribution in [0.4, 0.5) is 0 Å². The predicted octanol–water partition coefficient (Wildman–Crippen LogP) is 1.16. The van der Waals surface area contributed by atoms with Crippen molar-refractivity contribution in [3.05, 3.63) is 33.8 Å². The molecule has 1 fully saturated rings. The summed E-state index contributed by atoms with van der Waals surface area (Å²) in [5.74, 6) is -0.720. The zero-order valence-corrected chi connectivity index (χ0v) is 14.2. The van der Waals surface area contributed by atoms with Gasteiger partial charge in [-0.2, -0.15) is 0 Å². The highest BCUT2D eigenvalue weighted by atomic mass is 79.9. The number of halogens is 1. The van der Waals surface area contributed by atoms with Gasteiger partial charge in [-0.05, 0) is 50.0 Å². The van der Waals surface area contributed by atoms with E-state index in [1.54, 1.807) is 18.2 Å². The first-order chi connectivity index (χ1) is 11.1. The van der Waals surface area contributed by atoms with Crippen molar-refractivity contribution in [1.82, 2.24) is 15.5 Å². The lowest BCUT2D eigenvalue weighted by molar-refractivity contribution is -0.121. The minimum absolute atomic E-state index is 0.232. The number of nitrogens with one attached hydrogen (secondary N) is 2. The Hall–Kier alpha value is -1.73. The number of hydrogen-bond acceptors (Lipinski definition) is 4. The SMILES string of the molecule is O=C(CN1C(=O)c2ccc(Br)cc2C1=O)NCC1CCCNC1. The van der Waals surface area contributed by atoms with Crippen LogP contribution < -0.4 is 10.6 Å². The van der Waals surface area contributed by atoms with Gasteiger partial charge in [0.1, 0.15) is 6.54 Å². The van der Waals surface area contributed by atoms with E-state index in [0.717, 1.165) is 35.3 Å². The molecule has 2 aliphatic heterocycles. The van der Waals surface area contributed by atoms with Crippen molar-refractivity contribution in [3.8, 4) is 0 Å². The molecule has 1 atom stereocenters. The van der Waals surface area contributed by atoms with Crippen LogP contribution in [0.5, 0.6) is 0 Å². The number of benzene rings is 1. The number of rotatable bonds is 4. The molecule has 1 unspecified atom stereocenters. The molecule has 1 aromatic carbocycles. The first-order valence-corrected chi connectivity index (χ1v) is 8.48. The zero-order valence-electron chi connectivity index (χ0n) is 12.6. The molecule has 3 rings (SSSR count). The number of piperidine rings is 1. The normalized spacial score (nSPS) is 20.6. The van der Waals surface area contributed by atoms with Gasteiger partial charge < -0.3 is 10.6 Å². The molecule has 0 bridgehead atoms. The maximum absolute atomic E-state index is 12.3. The second-order valence-corrected chi connectivity index (χ2v) is 6.82. The van der Waals surface area contributed by atoms with Gasteiger partial charge in [-0.25, -0.2) is 0 Å². The van der Waals surface area contributed by atoms with E-state index < -0.39 is 11.8 Å². The quantitative estimate of drug-likeness (QED) is 0.769. The Balaban J connectivity index is 1.59. The fourth-order valence-corrected chi connectivity index (χ4v) is 3.32. The lowest BCUT2D eigenvalue weighted by atomic mass is 10.00. The van der Waals surface area contributed by atoms with E-state index in [0.29, 0.717) is 23.6 Å². The van der Waals surface area contributed by atoms with Crippen LogP contribution >= 0.6 is 15.9 Å². The van der Waals surface area contributed by atoms with E-state index in [9.17, 15) is 14.4 Å². The lowest BCUT2D eigenvalue weighted by Crippen LogP contribution is -2.43. The lowest BCUT2D eigenvalue weighted by Gasteiger charge is -2.23. The van der Waals surface area contributed by atoms with Crippen molar-refractivity contribution in [2.24, 2.45) is 5.92 Å². The molecule has 1 saturated heterocycles. The summed E-state index contributed by atoms with van der Waals surface area (Å²) in [4.78, 5) is 37.6. The van der Waals surface area contributed by atoms with Gasteiger partial charge in [0.05, 0.1) is 11.1 Å². The van der Waals surface area contributed by atoms with E-state index in [4.69, 9.17) is 0 Å². The summed E-state index contributed by atoms with van der Waals surface area (Å²) in [5, 5.41) is 6.11. The minimum Gasteiger partial charge on any atom is -0.354 e. The number of carbonyl (C=O) groups is 3. The van der Waals surface area contributed by atoms with Crippen LogP contribution in [0.25, 0.3) is 0 Å². The molecule has 0 aliphatic carbocycles. The number of amides is 3. The molecule has 3 amide bonds. The third kappa shape index (κ3) is 3.45. The Morgan fingerprint density at radius 3 is 2.83 bits per heavy atom. The largest absolute Gasteiger partial charge is 0.354 e. The molecule has 23 heavy (non-hydrogen) atoms. The Morgan fingerprint density at radius 2 is 2.09 bits per heavy atom. The van der Waals surface area contributed by atoms with Crippen molar-refractivity contribution >= 4 is 33.7 Å². The molecule has 0 aromatic heterocycles. The molecule has 7 heteroatoms. The highest BCUT2D eigenvalue weighted by Crippen LogP contribution is 2.25. The van der Waals surface area contributed by atoms with Crippen LogP contribution in [0.3, 0.4) is 0 Å². The summed E-state index contributed by atoms with van der Waals surface area (Å²) in [6.45, 7) is 2.25. The average Bonchev–Trinajstić information content (AvgIpc) is 2.78. The molecular formula is C16H18BrN3O3. The molecule has 1 aromatic rings. The van der Waals surface area contributed by atoms with Crippen LogP contribution in [-0.2, 0) is 4.79 Å². The number of carbonyl (C=O) groups excluding carboxylic acids is 3. The molecule has 122 valence electrons. The first kappa shape index (κ1) is 16.1. The van der Waals surface area contributed by atoms with Gasteiger partial charge >= 0.3 is 0 Å². The molecule has 6 nitrogen and oxygen atoms in total. The summed E-state index contributed by atoms with van der Waals surface area (Å²) in [6.07, 6.45) is 2.18. The highest BCUT2D eigenvalue weighted by molar-refractivity contribution is 9.10. The standard InChI is InChI=1S/C16H18BrN3O3/c17-11-3-4-12-13(6-11)16(23)20(15(12)22)9-14(21)19-8-10-2-1-5-18-7-10/h3-4,6,10,18H,1-2,5,7-9H2,(H,19,21). The Kier molecular flexibility index (Phi) is 4.77. The van der Waals surface area contributed by atoms with Crippen LogP contribution in [0, 0.1) is 5.92 Å². The maximum Gasteiger partial charge on any atom is 0.262 e. The van der Waals surface area contributed by atoms with Crippen molar-refractivity contribution in [1.29, 1.82) is 0 Å².